The van der Waals surface area contributed by atoms with E-state index in [0.29, 0.717) is 27.1 Å². The van der Waals surface area contributed by atoms with E-state index < -0.39 is 35.0 Å². The van der Waals surface area contributed by atoms with Crippen LogP contribution in [0.4, 0.5) is 22.0 Å². The predicted octanol–water partition coefficient (Wildman–Crippen LogP) is 6.25. The van der Waals surface area contributed by atoms with E-state index in [1.165, 1.54) is 18.2 Å². The zero-order chi connectivity index (χ0) is 25.6. The number of aromatic amines is 1. The second-order valence-electron chi connectivity index (χ2n) is 7.67. The fourth-order valence-electron chi connectivity index (χ4n) is 3.78. The van der Waals surface area contributed by atoms with Gasteiger partial charge >= 0.3 is 12.1 Å². The van der Waals surface area contributed by atoms with Crippen LogP contribution in [-0.4, -0.2) is 15.9 Å². The minimum absolute atomic E-state index is 0.0588. The van der Waals surface area contributed by atoms with Gasteiger partial charge in [0.15, 0.2) is 11.6 Å². The normalized spacial score (nSPS) is 11.7. The maximum absolute atomic E-state index is 13.6. The molecule has 0 bridgehead atoms. The minimum Gasteiger partial charge on any atom is -0.406 e. The van der Waals surface area contributed by atoms with Gasteiger partial charge in [-0.3, -0.25) is 9.78 Å². The highest BCUT2D eigenvalue weighted by molar-refractivity contribution is 7.17. The van der Waals surface area contributed by atoms with Crippen molar-refractivity contribution in [3.8, 4) is 33.7 Å². The third-order valence-corrected chi connectivity index (χ3v) is 6.30. The molecule has 5 nitrogen and oxygen atoms in total. The second kappa shape index (κ2) is 8.76. The first-order valence-electron chi connectivity index (χ1n) is 10.3. The summed E-state index contributed by atoms with van der Waals surface area (Å²) < 4.78 is 68.8. The fourth-order valence-corrected chi connectivity index (χ4v) is 4.73. The summed E-state index contributed by atoms with van der Waals surface area (Å²) in [6.07, 6.45) is -4.87. The van der Waals surface area contributed by atoms with E-state index in [-0.39, 0.29) is 11.1 Å². The molecule has 182 valence electrons. The number of H-pyrrole nitrogens is 1. The molecule has 0 spiro atoms. The highest BCUT2D eigenvalue weighted by Crippen LogP contribution is 2.32. The number of nitrogens with one attached hydrogen (secondary N) is 1. The van der Waals surface area contributed by atoms with Gasteiger partial charge in [0, 0.05) is 10.9 Å². The van der Waals surface area contributed by atoms with E-state index in [1.807, 2.05) is 0 Å². The van der Waals surface area contributed by atoms with Gasteiger partial charge in [-0.1, -0.05) is 30.3 Å². The third kappa shape index (κ3) is 4.40. The largest absolute Gasteiger partial charge is 0.573 e. The van der Waals surface area contributed by atoms with Crippen molar-refractivity contribution >= 4 is 21.6 Å². The number of nitrogens with zero attached hydrogens (tertiary/aromatic N) is 1. The van der Waals surface area contributed by atoms with Gasteiger partial charge in [-0.05, 0) is 53.1 Å². The molecule has 0 aliphatic rings. The van der Waals surface area contributed by atoms with E-state index in [2.05, 4.69) is 9.72 Å². The third-order valence-electron chi connectivity index (χ3n) is 5.41. The van der Waals surface area contributed by atoms with Gasteiger partial charge in [0.25, 0.3) is 5.56 Å². The van der Waals surface area contributed by atoms with Crippen molar-refractivity contribution in [2.75, 3.05) is 0 Å². The van der Waals surface area contributed by atoms with E-state index in [4.69, 9.17) is 0 Å². The van der Waals surface area contributed by atoms with Gasteiger partial charge in [0.05, 0.1) is 11.1 Å². The van der Waals surface area contributed by atoms with Crippen LogP contribution in [0.5, 0.6) is 5.75 Å². The van der Waals surface area contributed by atoms with Crippen LogP contribution < -0.4 is 16.0 Å². The molecule has 0 saturated carbocycles. The van der Waals surface area contributed by atoms with Crippen molar-refractivity contribution in [1.29, 1.82) is 0 Å². The molecule has 0 unspecified atom stereocenters. The van der Waals surface area contributed by atoms with Crippen molar-refractivity contribution in [2.45, 2.75) is 6.36 Å². The number of rotatable bonds is 4. The van der Waals surface area contributed by atoms with Crippen LogP contribution in [0.3, 0.4) is 0 Å². The molecular formula is C25H13F5N2O3S. The zero-order valence-corrected chi connectivity index (χ0v) is 18.7. The number of fused-ring (bicyclic) bond motifs is 1. The standard InChI is InChI=1S/C25H13F5N2O3S/c26-19-10-5-15(11-20(19)27)13-1-3-14(4-2-13)18-12-36-22-21(18)23(33)32(24(34)31-22)16-6-8-17(9-7-16)35-25(28,29)30/h1-12H,(H,31,34). The number of hydrogen-bond acceptors (Lipinski definition) is 4. The summed E-state index contributed by atoms with van der Waals surface area (Å²) in [6.45, 7) is 0. The minimum atomic E-state index is -4.87. The molecule has 0 fully saturated rings. The maximum Gasteiger partial charge on any atom is 0.573 e. The average molecular weight is 516 g/mol. The number of hydrogen-bond donors (Lipinski definition) is 1. The number of ether oxygens (including phenoxy) is 1. The van der Waals surface area contributed by atoms with Crippen LogP contribution >= 0.6 is 11.3 Å². The molecule has 0 amide bonds. The molecule has 3 aromatic carbocycles. The number of alkyl halides is 3. The molecule has 0 radical (unpaired) electrons. The van der Waals surface area contributed by atoms with Crippen LogP contribution in [0.15, 0.2) is 81.7 Å². The zero-order valence-electron chi connectivity index (χ0n) is 17.9. The van der Waals surface area contributed by atoms with Gasteiger partial charge in [0.2, 0.25) is 0 Å². The van der Waals surface area contributed by atoms with Gasteiger partial charge in [-0.15, -0.1) is 24.5 Å². The first-order valence-corrected chi connectivity index (χ1v) is 11.2. The summed E-state index contributed by atoms with van der Waals surface area (Å²) in [6, 6.07) is 14.7. The Morgan fingerprint density at radius 1 is 0.806 bits per heavy atom. The number of aromatic nitrogens is 2. The van der Waals surface area contributed by atoms with Crippen molar-refractivity contribution in [1.82, 2.24) is 9.55 Å². The molecule has 0 saturated heterocycles. The molecule has 1 N–H and O–H groups in total. The van der Waals surface area contributed by atoms with E-state index in [0.717, 1.165) is 40.2 Å². The summed E-state index contributed by atoms with van der Waals surface area (Å²) in [5.41, 5.74) is 0.919. The van der Waals surface area contributed by atoms with Crippen LogP contribution in [0.2, 0.25) is 0 Å². The van der Waals surface area contributed by atoms with Crippen molar-refractivity contribution < 1.29 is 26.7 Å². The van der Waals surface area contributed by atoms with Crippen LogP contribution in [0.25, 0.3) is 38.2 Å². The quantitative estimate of drug-likeness (QED) is 0.287. The van der Waals surface area contributed by atoms with Crippen LogP contribution in [0.1, 0.15) is 0 Å². The fraction of sp³-hybridized carbons (Fsp3) is 0.0400. The number of halogens is 5. The van der Waals surface area contributed by atoms with E-state index in [9.17, 15) is 31.5 Å². The Labute approximate surface area is 202 Å². The second-order valence-corrected chi connectivity index (χ2v) is 8.55. The molecule has 5 rings (SSSR count). The molecule has 0 atom stereocenters. The van der Waals surface area contributed by atoms with Gasteiger partial charge in [0.1, 0.15) is 10.6 Å². The summed E-state index contributed by atoms with van der Waals surface area (Å²) in [5, 5.41) is 1.91. The Morgan fingerprint density at radius 3 is 2.08 bits per heavy atom. The van der Waals surface area contributed by atoms with Crippen molar-refractivity contribution in [3.05, 3.63) is 105 Å². The van der Waals surface area contributed by atoms with Gasteiger partial charge in [-0.25, -0.2) is 18.1 Å². The SMILES string of the molecule is O=c1[nH]c2scc(-c3ccc(-c4ccc(F)c(F)c4)cc3)c2c(=O)n1-c1ccc(OC(F)(F)F)cc1. The molecule has 0 aliphatic carbocycles. The predicted molar refractivity (Wildman–Crippen MR) is 126 cm³/mol. The highest BCUT2D eigenvalue weighted by Gasteiger charge is 2.31. The summed E-state index contributed by atoms with van der Waals surface area (Å²) in [7, 11) is 0. The Balaban J connectivity index is 1.55. The lowest BCUT2D eigenvalue weighted by molar-refractivity contribution is -0.274. The topological polar surface area (TPSA) is 64.1 Å². The molecular weight excluding hydrogens is 503 g/mol. The lowest BCUT2D eigenvalue weighted by atomic mass is 10.0. The summed E-state index contributed by atoms with van der Waals surface area (Å²) in [4.78, 5) is 28.9. The van der Waals surface area contributed by atoms with E-state index >= 15 is 0 Å². The summed E-state index contributed by atoms with van der Waals surface area (Å²) in [5.74, 6) is -2.41. The molecule has 36 heavy (non-hydrogen) atoms. The average Bonchev–Trinajstić information content (AvgIpc) is 3.25. The highest BCUT2D eigenvalue weighted by atomic mass is 32.1. The summed E-state index contributed by atoms with van der Waals surface area (Å²) >= 11 is 1.15. The van der Waals surface area contributed by atoms with Crippen molar-refractivity contribution in [2.24, 2.45) is 0 Å². The monoisotopic (exact) mass is 516 g/mol. The van der Waals surface area contributed by atoms with E-state index in [1.54, 1.807) is 29.6 Å². The Kier molecular flexibility index (Phi) is 5.71. The first-order chi connectivity index (χ1) is 17.1. The smallest absolute Gasteiger partial charge is 0.406 e. The Morgan fingerprint density at radius 2 is 1.44 bits per heavy atom. The van der Waals surface area contributed by atoms with Gasteiger partial charge < -0.3 is 4.74 Å². The number of benzene rings is 3. The number of thiophene rings is 1. The molecule has 5 aromatic rings. The molecule has 0 aliphatic heterocycles. The maximum atomic E-state index is 13.6. The first kappa shape index (κ1) is 23.5. The van der Waals surface area contributed by atoms with Crippen LogP contribution in [-0.2, 0) is 0 Å². The Hall–Kier alpha value is -4.25. The Bertz CT molecular complexity index is 1700. The molecule has 2 aromatic heterocycles. The van der Waals surface area contributed by atoms with Gasteiger partial charge in [-0.2, -0.15) is 0 Å². The lowest BCUT2D eigenvalue weighted by Crippen LogP contribution is -2.33. The van der Waals surface area contributed by atoms with Crippen molar-refractivity contribution in [3.63, 3.8) is 0 Å². The molecule has 11 heteroatoms. The molecule has 2 heterocycles. The lowest BCUT2D eigenvalue weighted by Gasteiger charge is -2.10. The van der Waals surface area contributed by atoms with Crippen LogP contribution in [0, 0.1) is 11.6 Å².